The number of nitrogens with two attached hydrogens (primary N) is 1. The minimum absolute atomic E-state index is 0.0683. The Kier molecular flexibility index (Phi) is 8.66. The molecule has 12 nitrogen and oxygen atoms in total. The maximum atomic E-state index is 13.7. The van der Waals surface area contributed by atoms with E-state index in [9.17, 15) is 9.59 Å². The number of benzene rings is 1. The number of rotatable bonds is 10. The van der Waals surface area contributed by atoms with E-state index < -0.39 is 41.4 Å². The first-order chi connectivity index (χ1) is 20.6. The van der Waals surface area contributed by atoms with Crippen molar-refractivity contribution >= 4 is 51.9 Å². The van der Waals surface area contributed by atoms with Crippen LogP contribution in [0.3, 0.4) is 0 Å². The molecule has 4 heterocycles. The quantitative estimate of drug-likeness (QED) is 0.156. The van der Waals surface area contributed by atoms with Crippen LogP contribution in [0, 0.1) is 17.8 Å². The predicted molar refractivity (Wildman–Crippen MR) is 158 cm³/mol. The van der Waals surface area contributed by atoms with Crippen LogP contribution in [0.5, 0.6) is 0 Å². The Bertz CT molecular complexity index is 1660. The van der Waals surface area contributed by atoms with Crippen molar-refractivity contribution in [2.24, 2.45) is 5.41 Å². The Morgan fingerprint density at radius 3 is 2.70 bits per heavy atom. The molecule has 43 heavy (non-hydrogen) atoms. The van der Waals surface area contributed by atoms with E-state index in [0.29, 0.717) is 5.69 Å². The third-order valence-electron chi connectivity index (χ3n) is 7.35. The average molecular weight is 625 g/mol. The van der Waals surface area contributed by atoms with Crippen LogP contribution in [-0.2, 0) is 40.6 Å². The smallest absolute Gasteiger partial charge is 0.345 e. The van der Waals surface area contributed by atoms with Crippen molar-refractivity contribution in [3.8, 4) is 12.3 Å². The van der Waals surface area contributed by atoms with Gasteiger partial charge in [0.15, 0.2) is 23.8 Å². The number of carbonyl (C=O) groups excluding carboxylic acids is 2. The van der Waals surface area contributed by atoms with Gasteiger partial charge in [0.25, 0.3) is 0 Å². The van der Waals surface area contributed by atoms with Crippen LogP contribution in [0.4, 0.5) is 5.82 Å². The molecule has 0 saturated carbocycles. The zero-order chi connectivity index (χ0) is 30.8. The zero-order valence-corrected chi connectivity index (χ0v) is 25.2. The number of aromatic nitrogens is 5. The van der Waals surface area contributed by atoms with Crippen molar-refractivity contribution in [3.63, 3.8) is 0 Å². The lowest BCUT2D eigenvalue weighted by molar-refractivity contribution is -0.182. The topological polar surface area (TPSA) is 154 Å². The summed E-state index contributed by atoms with van der Waals surface area (Å²) in [6.45, 7) is 4.64. The molecule has 5 atom stereocenters. The number of anilines is 1. The maximum absolute atomic E-state index is 13.7. The highest BCUT2D eigenvalue weighted by molar-refractivity contribution is 7.07. The summed E-state index contributed by atoms with van der Waals surface area (Å²) in [5, 5.41) is 1.64. The molecule has 0 radical (unpaired) electrons. The number of ether oxygens (including phenoxy) is 4. The molecular weight excluding hydrogens is 596 g/mol. The predicted octanol–water partition coefficient (Wildman–Crippen LogP) is 3.70. The fourth-order valence-electron chi connectivity index (χ4n) is 5.13. The van der Waals surface area contributed by atoms with Crippen LogP contribution in [-0.4, -0.2) is 61.9 Å². The second kappa shape index (κ2) is 12.3. The van der Waals surface area contributed by atoms with Crippen LogP contribution in [0.15, 0.2) is 47.5 Å². The molecule has 3 aromatic heterocycles. The number of imidazole rings is 1. The molecule has 5 rings (SSSR count). The molecule has 224 valence electrons. The van der Waals surface area contributed by atoms with Gasteiger partial charge in [-0.1, -0.05) is 36.3 Å². The molecule has 1 aliphatic heterocycles. The molecule has 1 aliphatic rings. The molecule has 1 aromatic carbocycles. The molecule has 0 bridgehead atoms. The molecule has 1 fully saturated rings. The van der Waals surface area contributed by atoms with E-state index in [2.05, 4.69) is 25.9 Å². The maximum Gasteiger partial charge on any atom is 0.345 e. The fourth-order valence-corrected chi connectivity index (χ4v) is 5.91. The van der Waals surface area contributed by atoms with Gasteiger partial charge in [0, 0.05) is 18.7 Å². The van der Waals surface area contributed by atoms with Gasteiger partial charge in [-0.2, -0.15) is 9.97 Å². The third kappa shape index (κ3) is 5.66. The molecule has 0 spiro atoms. The summed E-state index contributed by atoms with van der Waals surface area (Å²) in [7, 11) is 0. The highest BCUT2D eigenvalue weighted by atomic mass is 35.5. The van der Waals surface area contributed by atoms with E-state index in [-0.39, 0.29) is 41.9 Å². The number of nitrogens with zero attached hydrogens (tertiary/aromatic N) is 5. The summed E-state index contributed by atoms with van der Waals surface area (Å²) in [6, 6.07) is 9.39. The Morgan fingerprint density at radius 1 is 1.28 bits per heavy atom. The number of halogens is 1. The van der Waals surface area contributed by atoms with Crippen LogP contribution >= 0.6 is 22.9 Å². The van der Waals surface area contributed by atoms with E-state index in [1.807, 2.05) is 30.3 Å². The van der Waals surface area contributed by atoms with Crippen LogP contribution in [0.1, 0.15) is 38.3 Å². The molecule has 2 N–H and O–H groups in total. The molecule has 1 saturated heterocycles. The first-order valence-corrected chi connectivity index (χ1v) is 14.6. The van der Waals surface area contributed by atoms with Crippen molar-refractivity contribution in [1.82, 2.24) is 24.5 Å². The van der Waals surface area contributed by atoms with Gasteiger partial charge in [-0.05, 0) is 31.0 Å². The van der Waals surface area contributed by atoms with Gasteiger partial charge in [-0.15, -0.1) is 17.8 Å². The summed E-state index contributed by atoms with van der Waals surface area (Å²) >= 11 is 7.41. The third-order valence-corrected chi connectivity index (χ3v) is 8.11. The number of thiazole rings is 1. The monoisotopic (exact) mass is 624 g/mol. The van der Waals surface area contributed by atoms with Gasteiger partial charge >= 0.3 is 11.9 Å². The lowest BCUT2D eigenvalue weighted by atomic mass is 9.81. The number of hydrogen-bond acceptors (Lipinski definition) is 12. The van der Waals surface area contributed by atoms with Gasteiger partial charge in [0.1, 0.15) is 11.6 Å². The number of terminal acetylenes is 1. The van der Waals surface area contributed by atoms with Crippen molar-refractivity contribution < 1.29 is 28.5 Å². The Morgan fingerprint density at radius 2 is 2.05 bits per heavy atom. The Balaban J connectivity index is 1.55. The zero-order valence-electron chi connectivity index (χ0n) is 23.6. The first-order valence-electron chi connectivity index (χ1n) is 13.3. The van der Waals surface area contributed by atoms with Crippen molar-refractivity contribution in [2.75, 3.05) is 18.9 Å². The summed E-state index contributed by atoms with van der Waals surface area (Å²) in [6.07, 6.45) is 4.76. The Hall–Kier alpha value is -4.09. The average Bonchev–Trinajstić information content (AvgIpc) is 3.72. The second-order valence-electron chi connectivity index (χ2n) is 10.1. The highest BCUT2D eigenvalue weighted by Crippen LogP contribution is 2.47. The lowest BCUT2D eigenvalue weighted by Crippen LogP contribution is -2.47. The minimum atomic E-state index is -1.62. The number of fused-ring (bicyclic) bond motifs is 1. The fraction of sp³-hybridized carbons (Fsp3) is 0.379. The number of esters is 2. The SMILES string of the molecule is C#C[C@@]1(C)[C@@H](COC(Cc2ccccc2)(C(=O)OCC)c2cscn2)O[C@@H](n2cnc3c(N)nc(Cl)nc32)[C@@H]1OC(C)=O. The minimum Gasteiger partial charge on any atom is -0.464 e. The van der Waals surface area contributed by atoms with E-state index in [1.165, 1.54) is 29.2 Å². The van der Waals surface area contributed by atoms with E-state index in [0.717, 1.165) is 5.56 Å². The molecule has 1 unspecified atom stereocenters. The standard InChI is InChI=1S/C29H29ClN6O6S/c1-5-28(4)20(42-25(22(28)41-17(3)37)36-15-32-21-23(31)34-27(30)35-24(21)36)13-40-29(26(38)39-6-2,19-14-43-16-33-19)12-18-10-8-7-9-11-18/h1,7-11,14-16,20,22,25H,6,12-13H2,2-4H3,(H2,31,34,35)/t20-,22+,25-,28+,29?/m1/s1. The summed E-state index contributed by atoms with van der Waals surface area (Å²) < 4.78 is 25.8. The van der Waals surface area contributed by atoms with Gasteiger partial charge in [-0.3, -0.25) is 9.36 Å². The number of carbonyl (C=O) groups is 2. The summed E-state index contributed by atoms with van der Waals surface area (Å²) in [4.78, 5) is 42.9. The van der Waals surface area contributed by atoms with Crippen molar-refractivity contribution in [2.45, 2.75) is 51.2 Å². The first kappa shape index (κ1) is 30.4. The van der Waals surface area contributed by atoms with Gasteiger partial charge in [0.2, 0.25) is 10.9 Å². The van der Waals surface area contributed by atoms with Crippen LogP contribution < -0.4 is 5.73 Å². The molecule has 0 amide bonds. The van der Waals surface area contributed by atoms with Crippen molar-refractivity contribution in [1.29, 1.82) is 0 Å². The molecule has 4 aromatic rings. The number of hydrogen-bond donors (Lipinski definition) is 1. The van der Waals surface area contributed by atoms with Crippen LogP contribution in [0.25, 0.3) is 11.2 Å². The highest BCUT2D eigenvalue weighted by Gasteiger charge is 2.57. The normalized spacial score (nSPS) is 23.0. The van der Waals surface area contributed by atoms with Gasteiger partial charge in [-0.25, -0.2) is 14.8 Å². The largest absolute Gasteiger partial charge is 0.464 e. The van der Waals surface area contributed by atoms with Gasteiger partial charge < -0.3 is 24.7 Å². The summed E-state index contributed by atoms with van der Waals surface area (Å²) in [5.74, 6) is 1.63. The second-order valence-corrected chi connectivity index (χ2v) is 11.1. The summed E-state index contributed by atoms with van der Waals surface area (Å²) in [5.41, 5.74) is 6.52. The van der Waals surface area contributed by atoms with E-state index >= 15 is 0 Å². The van der Waals surface area contributed by atoms with Crippen molar-refractivity contribution in [3.05, 3.63) is 64.1 Å². The van der Waals surface area contributed by atoms with E-state index in [1.54, 1.807) is 24.7 Å². The molecule has 0 aliphatic carbocycles. The van der Waals surface area contributed by atoms with E-state index in [4.69, 9.17) is 42.7 Å². The molecule has 14 heteroatoms. The lowest BCUT2D eigenvalue weighted by Gasteiger charge is -2.34. The number of nitrogen functional groups attached to an aromatic ring is 1. The molecular formula is C29H29ClN6O6S. The Labute approximate surface area is 256 Å². The van der Waals surface area contributed by atoms with Crippen LogP contribution in [0.2, 0.25) is 5.28 Å². The van der Waals surface area contributed by atoms with Gasteiger partial charge in [0.05, 0.1) is 36.2 Å².